The van der Waals surface area contributed by atoms with E-state index in [-0.39, 0.29) is 0 Å². The van der Waals surface area contributed by atoms with E-state index in [1.165, 1.54) is 219 Å². The van der Waals surface area contributed by atoms with Crippen molar-refractivity contribution in [1.82, 2.24) is 0 Å². The first kappa shape index (κ1) is 65.7. The minimum atomic E-state index is 1.21. The van der Waals surface area contributed by atoms with Gasteiger partial charge in [-0.05, 0) is 261 Å². The Kier molecular flexibility index (Phi) is 16.4. The lowest BCUT2D eigenvalue weighted by Gasteiger charge is -2.20. The predicted molar refractivity (Wildman–Crippen MR) is 482 cm³/mol. The molecule has 0 aliphatic heterocycles. The Hall–Kier alpha value is -14.6. The largest absolute Gasteiger partial charge is 0.0622 e. The maximum Gasteiger partial charge on any atom is -0.00199 e. The molecule has 112 heavy (non-hydrogen) atoms. The highest BCUT2D eigenvalue weighted by Gasteiger charge is 2.23. The van der Waals surface area contributed by atoms with Crippen molar-refractivity contribution >= 4 is 108 Å². The Morgan fingerprint density at radius 3 is 0.643 bits per heavy atom. The molecule has 0 heterocycles. The molecule has 0 radical (unpaired) electrons. The molecule has 0 atom stereocenters. The van der Waals surface area contributed by atoms with Gasteiger partial charge < -0.3 is 0 Å². The highest BCUT2D eigenvalue weighted by molar-refractivity contribution is 6.28. The van der Waals surface area contributed by atoms with Gasteiger partial charge >= 0.3 is 0 Å². The molecule has 0 unspecified atom stereocenters. The zero-order chi connectivity index (χ0) is 74.0. The zero-order valence-corrected chi connectivity index (χ0v) is 61.6. The second-order valence-electron chi connectivity index (χ2n) is 29.7. The molecular formula is C112H72. The van der Waals surface area contributed by atoms with E-state index < -0.39 is 0 Å². The molecule has 0 aromatic heterocycles. The summed E-state index contributed by atoms with van der Waals surface area (Å²) in [6, 6.07) is 161. The van der Waals surface area contributed by atoms with Crippen molar-refractivity contribution in [2.24, 2.45) is 0 Å². The lowest BCUT2D eigenvalue weighted by molar-refractivity contribution is 1.58. The van der Waals surface area contributed by atoms with Crippen LogP contribution in [-0.2, 0) is 0 Å². The maximum absolute atomic E-state index is 2.40. The summed E-state index contributed by atoms with van der Waals surface area (Å²) in [5.74, 6) is 0. The van der Waals surface area contributed by atoms with Crippen molar-refractivity contribution < 1.29 is 0 Å². The van der Waals surface area contributed by atoms with Gasteiger partial charge in [0.15, 0.2) is 0 Å². The van der Waals surface area contributed by atoms with E-state index in [9.17, 15) is 0 Å². The first-order valence-electron chi connectivity index (χ1n) is 38.8. The van der Waals surface area contributed by atoms with Gasteiger partial charge in [-0.15, -0.1) is 0 Å². The summed E-state index contributed by atoms with van der Waals surface area (Å²) < 4.78 is 0. The molecule has 22 aromatic carbocycles. The lowest BCUT2D eigenvalue weighted by Crippen LogP contribution is -1.92. The summed E-state index contributed by atoms with van der Waals surface area (Å²) in [7, 11) is 0. The highest BCUT2D eigenvalue weighted by Crippen LogP contribution is 2.50. The Labute approximate surface area is 651 Å². The molecule has 0 fully saturated rings. The van der Waals surface area contributed by atoms with Gasteiger partial charge in [-0.1, -0.05) is 394 Å². The van der Waals surface area contributed by atoms with E-state index >= 15 is 0 Å². The first-order chi connectivity index (χ1) is 55.5. The van der Waals surface area contributed by atoms with Crippen molar-refractivity contribution in [3.8, 4) is 111 Å². The molecule has 0 aliphatic rings. The van der Waals surface area contributed by atoms with Crippen LogP contribution in [0.1, 0.15) is 0 Å². The topological polar surface area (TPSA) is 0 Å². The van der Waals surface area contributed by atoms with Crippen LogP contribution in [0.5, 0.6) is 0 Å². The van der Waals surface area contributed by atoms with Gasteiger partial charge in [-0.25, -0.2) is 0 Å². The fraction of sp³-hybridized carbons (Fsp3) is 0. The van der Waals surface area contributed by atoms with Gasteiger partial charge in [-0.2, -0.15) is 0 Å². The third kappa shape index (κ3) is 11.7. The van der Waals surface area contributed by atoms with Crippen LogP contribution in [0, 0.1) is 0 Å². The lowest BCUT2D eigenvalue weighted by atomic mass is 9.83. The summed E-state index contributed by atoms with van der Waals surface area (Å²) >= 11 is 0. The third-order valence-electron chi connectivity index (χ3n) is 23.3. The van der Waals surface area contributed by atoms with Crippen LogP contribution >= 0.6 is 0 Å². The first-order valence-corrected chi connectivity index (χ1v) is 38.8. The van der Waals surface area contributed by atoms with Crippen LogP contribution in [0.15, 0.2) is 437 Å². The van der Waals surface area contributed by atoms with Crippen molar-refractivity contribution in [1.29, 1.82) is 0 Å². The summed E-state index contributed by atoms with van der Waals surface area (Å²) in [5, 5.41) is 25.3. The number of hydrogen-bond acceptors (Lipinski definition) is 0. The average Bonchev–Trinajstić information content (AvgIpc) is 0.725. The number of benzene rings is 22. The van der Waals surface area contributed by atoms with Crippen LogP contribution in [-0.4, -0.2) is 0 Å². The quantitative estimate of drug-likeness (QED) is 0.0946. The zero-order valence-electron chi connectivity index (χ0n) is 61.6. The normalized spacial score (nSPS) is 11.6. The molecule has 520 valence electrons. The van der Waals surface area contributed by atoms with E-state index in [1.807, 2.05) is 0 Å². The summed E-state index contributed by atoms with van der Waals surface area (Å²) in [6.07, 6.45) is 0. The molecule has 0 nitrogen and oxygen atoms in total. The molecule has 0 heteroatoms. The fourth-order valence-corrected chi connectivity index (χ4v) is 17.8. The van der Waals surface area contributed by atoms with Crippen molar-refractivity contribution in [2.75, 3.05) is 0 Å². The molecule has 0 N–H and O–H groups in total. The van der Waals surface area contributed by atoms with Crippen LogP contribution in [0.3, 0.4) is 0 Å². The van der Waals surface area contributed by atoms with Gasteiger partial charge in [0, 0.05) is 0 Å². The Balaban J connectivity index is 0.000000141. The van der Waals surface area contributed by atoms with Crippen molar-refractivity contribution in [3.05, 3.63) is 437 Å². The highest BCUT2D eigenvalue weighted by atomic mass is 14.3. The number of hydrogen-bond donors (Lipinski definition) is 0. The minimum absolute atomic E-state index is 1.21. The van der Waals surface area contributed by atoms with Gasteiger partial charge in [0.2, 0.25) is 0 Å². The van der Waals surface area contributed by atoms with Crippen LogP contribution in [0.2, 0.25) is 0 Å². The molecule has 0 saturated heterocycles. The predicted octanol–water partition coefficient (Wildman–Crippen LogP) is 31.6. The Morgan fingerprint density at radius 1 is 0.0893 bits per heavy atom. The number of fused-ring (bicyclic) bond motifs is 12. The van der Waals surface area contributed by atoms with Crippen molar-refractivity contribution in [3.63, 3.8) is 0 Å². The van der Waals surface area contributed by atoms with E-state index in [0.29, 0.717) is 0 Å². The monoisotopic (exact) mass is 1420 g/mol. The molecule has 0 aliphatic carbocycles. The minimum Gasteiger partial charge on any atom is -0.0622 e. The van der Waals surface area contributed by atoms with Crippen molar-refractivity contribution in [2.45, 2.75) is 0 Å². The maximum atomic E-state index is 2.40. The second-order valence-corrected chi connectivity index (χ2v) is 29.7. The standard InChI is InChI=1S/2C56H36/c1-2-13-37(14-3-1)41-16-12-17-42(33-41)38-25-27-39(28-26-38)43-31-29-40-30-32-45(35-46(40)34-43)55-50-21-8-10-23-52(50)56(53-24-11-9-22-51(53)55)54-36-44-15-4-5-18-47(44)48-19-6-7-20-49(48)54;1-2-12-37(13-3-1)38-22-24-39(25-23-38)40-26-28-41(29-27-40)43-32-30-42-31-33-45(35-46(42)34-43)55-50-18-8-10-20-52(50)56(53-21-11-9-19-51(53)55)54-36-44-14-4-5-15-47(44)48-16-6-7-17-49(48)54/h2*1-36H. The fourth-order valence-electron chi connectivity index (χ4n) is 17.8. The molecule has 22 aromatic rings. The SMILES string of the molecule is c1ccc(-c2ccc(-c3ccc(-c4ccc5ccc(-c6c7ccccc7c(-c7cc8ccccc8c8ccccc78)c7ccccc67)cc5c4)cc3)cc2)cc1.c1ccc(-c2cccc(-c3ccc(-c4ccc5ccc(-c6c7ccccc7c(-c7cc8ccccc8c8ccccc78)c7ccccc67)cc5c4)cc3)c2)cc1. The van der Waals surface area contributed by atoms with E-state index in [0.717, 1.165) is 0 Å². The van der Waals surface area contributed by atoms with Gasteiger partial charge in [0.1, 0.15) is 0 Å². The second kappa shape index (κ2) is 27.9. The summed E-state index contributed by atoms with van der Waals surface area (Å²) in [6.45, 7) is 0. The smallest absolute Gasteiger partial charge is 0.00199 e. The van der Waals surface area contributed by atoms with Crippen LogP contribution < -0.4 is 0 Å². The summed E-state index contributed by atoms with van der Waals surface area (Å²) in [5.41, 5.74) is 24.8. The Morgan fingerprint density at radius 2 is 0.304 bits per heavy atom. The van der Waals surface area contributed by atoms with E-state index in [2.05, 4.69) is 437 Å². The molecule has 22 rings (SSSR count). The molecule has 0 amide bonds. The van der Waals surface area contributed by atoms with E-state index in [1.54, 1.807) is 0 Å². The molecular weight excluding hydrogens is 1350 g/mol. The number of rotatable bonds is 10. The van der Waals surface area contributed by atoms with E-state index in [4.69, 9.17) is 0 Å². The third-order valence-corrected chi connectivity index (χ3v) is 23.3. The van der Waals surface area contributed by atoms with Gasteiger partial charge in [0.05, 0.1) is 0 Å². The Bertz CT molecular complexity index is 7320. The molecule has 0 spiro atoms. The van der Waals surface area contributed by atoms with Gasteiger partial charge in [0.25, 0.3) is 0 Å². The molecule has 0 saturated carbocycles. The summed E-state index contributed by atoms with van der Waals surface area (Å²) in [4.78, 5) is 0. The molecule has 0 bridgehead atoms. The van der Waals surface area contributed by atoms with Crippen LogP contribution in [0.4, 0.5) is 0 Å². The van der Waals surface area contributed by atoms with Crippen LogP contribution in [0.25, 0.3) is 219 Å². The van der Waals surface area contributed by atoms with Gasteiger partial charge in [-0.3, -0.25) is 0 Å². The average molecular weight is 1420 g/mol.